The highest BCUT2D eigenvalue weighted by Crippen LogP contribution is 2.31. The van der Waals surface area contributed by atoms with Crippen LogP contribution in [0.4, 0.5) is 11.4 Å². The Balaban J connectivity index is 0.00000265. The molecule has 0 bridgehead atoms. The highest BCUT2D eigenvalue weighted by molar-refractivity contribution is 6.24. The number of anilines is 2. The van der Waals surface area contributed by atoms with Crippen molar-refractivity contribution in [3.63, 3.8) is 0 Å². The highest BCUT2D eigenvalue weighted by atomic mass is 16.2. The smallest absolute Gasteiger partial charge is 0.264 e. The predicted molar refractivity (Wildman–Crippen MR) is 193 cm³/mol. The Hall–Kier alpha value is -5.45. The number of aromatic nitrogens is 1. The summed E-state index contributed by atoms with van der Waals surface area (Å²) in [6.07, 6.45) is 6.61. The molecule has 4 amide bonds. The number of amides is 4. The maximum atomic E-state index is 13.2. The summed E-state index contributed by atoms with van der Waals surface area (Å²) in [7, 11) is 1.50. The molecular weight excluding hydrogens is 620 g/mol. The van der Waals surface area contributed by atoms with Gasteiger partial charge in [-0.3, -0.25) is 24.1 Å². The molecule has 5 N–H and O–H groups in total. The molecule has 0 spiro atoms. The minimum Gasteiger partial charge on any atom is -0.385 e. The molecule has 1 aromatic heterocycles. The SMILES string of the molecule is CC.CNC(=O)CCC(C=O)N1C(=O)c2cccc(NCCCCCCNc3ccc(Cn4ccc5ccc(C(N)=O)cc54)cc3)c2C1=O. The Labute approximate surface area is 287 Å². The van der Waals surface area contributed by atoms with E-state index < -0.39 is 23.8 Å². The lowest BCUT2D eigenvalue weighted by Crippen LogP contribution is -2.41. The number of fused-ring (bicyclic) bond motifs is 2. The van der Waals surface area contributed by atoms with Gasteiger partial charge < -0.3 is 31.0 Å². The zero-order valence-electron chi connectivity index (χ0n) is 28.5. The normalized spacial score (nSPS) is 12.6. The van der Waals surface area contributed by atoms with Crippen molar-refractivity contribution in [2.75, 3.05) is 30.8 Å². The van der Waals surface area contributed by atoms with Gasteiger partial charge in [-0.1, -0.05) is 51.0 Å². The average molecular weight is 667 g/mol. The zero-order valence-corrected chi connectivity index (χ0v) is 28.5. The van der Waals surface area contributed by atoms with Crippen molar-refractivity contribution in [2.24, 2.45) is 5.73 Å². The molecule has 1 atom stereocenters. The fraction of sp³-hybridized carbons (Fsp3) is 0.342. The molecule has 11 heteroatoms. The van der Waals surface area contributed by atoms with Crippen molar-refractivity contribution in [2.45, 2.75) is 65.0 Å². The molecule has 5 rings (SSSR count). The maximum Gasteiger partial charge on any atom is 0.264 e. The largest absolute Gasteiger partial charge is 0.385 e. The number of carbonyl (C=O) groups excluding carboxylic acids is 5. The third-order valence-electron chi connectivity index (χ3n) is 8.49. The van der Waals surface area contributed by atoms with Crippen molar-refractivity contribution >= 4 is 52.2 Å². The van der Waals surface area contributed by atoms with Crippen LogP contribution in [0, 0.1) is 0 Å². The Morgan fingerprint density at radius 3 is 2.27 bits per heavy atom. The van der Waals surface area contributed by atoms with E-state index in [4.69, 9.17) is 5.73 Å². The van der Waals surface area contributed by atoms with Crippen molar-refractivity contribution in [3.8, 4) is 0 Å². The summed E-state index contributed by atoms with van der Waals surface area (Å²) in [5.74, 6) is -1.73. The van der Waals surface area contributed by atoms with Crippen LogP contribution in [0.15, 0.2) is 72.9 Å². The molecule has 11 nitrogen and oxygen atoms in total. The minimum absolute atomic E-state index is 0.0370. The average Bonchev–Trinajstić information content (AvgIpc) is 3.64. The molecule has 1 aliphatic heterocycles. The van der Waals surface area contributed by atoms with Gasteiger partial charge in [-0.15, -0.1) is 0 Å². The van der Waals surface area contributed by atoms with Gasteiger partial charge in [0, 0.05) is 61.8 Å². The standard InChI is InChI=1S/C36H40N6O5.C2H6/c1-38-32(44)16-15-28(23-43)42-35(46)29-7-6-8-30(33(29)36(42)47)40-19-5-3-2-4-18-39-27-13-9-24(10-14-27)22-41-20-17-25-11-12-26(34(37)45)21-31(25)41;1-2/h6-14,17,20-21,23,28,39-40H,2-5,15-16,18-19,22H2,1H3,(H2,37,45)(H,38,44);1-2H3. The van der Waals surface area contributed by atoms with Crippen molar-refractivity contribution in [1.29, 1.82) is 0 Å². The number of nitrogens with one attached hydrogen (secondary N) is 3. The van der Waals surface area contributed by atoms with Crippen LogP contribution in [-0.2, 0) is 16.1 Å². The Kier molecular flexibility index (Phi) is 13.1. The van der Waals surface area contributed by atoms with Crippen LogP contribution in [0.2, 0.25) is 0 Å². The zero-order chi connectivity index (χ0) is 35.3. The maximum absolute atomic E-state index is 13.2. The van der Waals surface area contributed by atoms with Crippen LogP contribution in [-0.4, -0.2) is 65.6 Å². The fourth-order valence-corrected chi connectivity index (χ4v) is 5.87. The first kappa shape index (κ1) is 36.4. The monoisotopic (exact) mass is 666 g/mol. The van der Waals surface area contributed by atoms with E-state index in [-0.39, 0.29) is 29.9 Å². The summed E-state index contributed by atoms with van der Waals surface area (Å²) in [6, 6.07) is 19.9. The van der Waals surface area contributed by atoms with E-state index >= 15 is 0 Å². The van der Waals surface area contributed by atoms with E-state index in [1.807, 2.05) is 38.2 Å². The third kappa shape index (κ3) is 8.92. The number of hydrogen-bond donors (Lipinski definition) is 4. The minimum atomic E-state index is -0.996. The van der Waals surface area contributed by atoms with Crippen LogP contribution in [0.25, 0.3) is 10.9 Å². The molecule has 1 unspecified atom stereocenters. The summed E-state index contributed by atoms with van der Waals surface area (Å²) < 4.78 is 2.11. The van der Waals surface area contributed by atoms with Gasteiger partial charge in [0.1, 0.15) is 6.29 Å². The first-order valence-electron chi connectivity index (χ1n) is 16.9. The Bertz CT molecular complexity index is 1780. The molecular formula is C38H46N6O5. The van der Waals surface area contributed by atoms with Gasteiger partial charge in [-0.2, -0.15) is 0 Å². The van der Waals surface area contributed by atoms with Gasteiger partial charge in [0.05, 0.1) is 17.2 Å². The van der Waals surface area contributed by atoms with Crippen LogP contribution < -0.4 is 21.7 Å². The Morgan fingerprint density at radius 1 is 0.878 bits per heavy atom. The van der Waals surface area contributed by atoms with E-state index in [1.165, 1.54) is 7.05 Å². The number of primary amides is 1. The molecule has 258 valence electrons. The number of carbonyl (C=O) groups is 5. The Morgan fingerprint density at radius 2 is 1.59 bits per heavy atom. The molecule has 0 saturated heterocycles. The molecule has 0 aliphatic carbocycles. The van der Waals surface area contributed by atoms with E-state index in [2.05, 4.69) is 44.8 Å². The van der Waals surface area contributed by atoms with Crippen LogP contribution in [0.5, 0.6) is 0 Å². The number of nitrogens with zero attached hydrogens (tertiary/aromatic N) is 2. The molecule has 4 aromatic rings. The van der Waals surface area contributed by atoms with Crippen LogP contribution >= 0.6 is 0 Å². The van der Waals surface area contributed by atoms with E-state index in [1.54, 1.807) is 24.3 Å². The summed E-state index contributed by atoms with van der Waals surface area (Å²) >= 11 is 0. The summed E-state index contributed by atoms with van der Waals surface area (Å²) in [5, 5.41) is 10.3. The summed E-state index contributed by atoms with van der Waals surface area (Å²) in [4.78, 5) is 62.2. The van der Waals surface area contributed by atoms with E-state index in [0.29, 0.717) is 30.6 Å². The van der Waals surface area contributed by atoms with Crippen molar-refractivity contribution in [1.82, 2.24) is 14.8 Å². The number of rotatable bonds is 17. The molecule has 0 fully saturated rings. The predicted octanol–water partition coefficient (Wildman–Crippen LogP) is 5.59. The quantitative estimate of drug-likeness (QED) is 0.0651. The number of benzene rings is 3. The topological polar surface area (TPSA) is 156 Å². The van der Waals surface area contributed by atoms with Gasteiger partial charge in [0.25, 0.3) is 11.8 Å². The number of hydrogen-bond acceptors (Lipinski definition) is 7. The summed E-state index contributed by atoms with van der Waals surface area (Å²) in [5.41, 5.74) is 10.2. The molecule has 3 aromatic carbocycles. The second kappa shape index (κ2) is 17.6. The lowest BCUT2D eigenvalue weighted by Gasteiger charge is -2.21. The lowest BCUT2D eigenvalue weighted by molar-refractivity contribution is -0.121. The number of aldehydes is 1. The number of unbranched alkanes of at least 4 members (excludes halogenated alkanes) is 3. The van der Waals surface area contributed by atoms with Crippen LogP contribution in [0.1, 0.15) is 89.0 Å². The molecule has 2 heterocycles. The van der Waals surface area contributed by atoms with E-state index in [0.717, 1.165) is 59.3 Å². The van der Waals surface area contributed by atoms with Crippen molar-refractivity contribution < 1.29 is 24.0 Å². The number of nitrogens with two attached hydrogens (primary N) is 1. The van der Waals surface area contributed by atoms with Gasteiger partial charge in [-0.25, -0.2) is 0 Å². The first-order valence-corrected chi connectivity index (χ1v) is 16.9. The fourth-order valence-electron chi connectivity index (χ4n) is 5.87. The molecule has 0 radical (unpaired) electrons. The summed E-state index contributed by atoms with van der Waals surface area (Å²) in [6.45, 7) is 6.18. The molecule has 49 heavy (non-hydrogen) atoms. The van der Waals surface area contributed by atoms with Crippen LogP contribution in [0.3, 0.4) is 0 Å². The van der Waals surface area contributed by atoms with Gasteiger partial charge in [-0.05, 0) is 72.7 Å². The van der Waals surface area contributed by atoms with Gasteiger partial charge in [0.2, 0.25) is 11.8 Å². The molecule has 1 aliphatic rings. The molecule has 0 saturated carbocycles. The third-order valence-corrected chi connectivity index (χ3v) is 8.49. The highest BCUT2D eigenvalue weighted by Gasteiger charge is 2.41. The van der Waals surface area contributed by atoms with Gasteiger partial charge >= 0.3 is 0 Å². The number of imide groups is 1. The van der Waals surface area contributed by atoms with E-state index in [9.17, 15) is 24.0 Å². The van der Waals surface area contributed by atoms with Gasteiger partial charge in [0.15, 0.2) is 0 Å². The lowest BCUT2D eigenvalue weighted by atomic mass is 10.1. The second-order valence-electron chi connectivity index (χ2n) is 11.7. The first-order chi connectivity index (χ1) is 23.8. The second-order valence-corrected chi connectivity index (χ2v) is 11.7. The van der Waals surface area contributed by atoms with Crippen molar-refractivity contribution in [3.05, 3.63) is 95.2 Å².